The molecular formula is C11H13N3O3. The standard InChI is InChI=1S/C11H13N3O3/c15-9-3-1-2-8(14-9)11(17)12-6-7-4-5-10(16)13-7/h1-3,7H,4-6H2,(H,12,17)(H,13,16)(H,14,15). The molecule has 0 aliphatic carbocycles. The van der Waals surface area contributed by atoms with Crippen LogP contribution in [-0.2, 0) is 4.79 Å². The number of hydrogen-bond acceptors (Lipinski definition) is 3. The van der Waals surface area contributed by atoms with Gasteiger partial charge in [0.05, 0.1) is 0 Å². The van der Waals surface area contributed by atoms with Crippen LogP contribution in [0.5, 0.6) is 0 Å². The summed E-state index contributed by atoms with van der Waals surface area (Å²) in [6, 6.07) is 4.38. The zero-order valence-corrected chi connectivity index (χ0v) is 9.16. The quantitative estimate of drug-likeness (QED) is 0.652. The van der Waals surface area contributed by atoms with Gasteiger partial charge in [-0.25, -0.2) is 0 Å². The van der Waals surface area contributed by atoms with Gasteiger partial charge in [0.25, 0.3) is 5.91 Å². The summed E-state index contributed by atoms with van der Waals surface area (Å²) in [5.41, 5.74) is -0.0892. The van der Waals surface area contributed by atoms with Gasteiger partial charge in [0, 0.05) is 25.1 Å². The van der Waals surface area contributed by atoms with E-state index in [4.69, 9.17) is 0 Å². The summed E-state index contributed by atoms with van der Waals surface area (Å²) in [6.45, 7) is 0.376. The second-order valence-electron chi connectivity index (χ2n) is 3.94. The second kappa shape index (κ2) is 4.82. The number of nitrogens with one attached hydrogen (secondary N) is 3. The summed E-state index contributed by atoms with van der Waals surface area (Å²) in [6.07, 6.45) is 1.23. The molecule has 0 aromatic carbocycles. The Balaban J connectivity index is 1.89. The van der Waals surface area contributed by atoms with Crippen LogP contribution in [0.1, 0.15) is 23.3 Å². The first-order valence-corrected chi connectivity index (χ1v) is 5.42. The number of aromatic nitrogens is 1. The molecule has 2 heterocycles. The van der Waals surface area contributed by atoms with Gasteiger partial charge in [-0.1, -0.05) is 6.07 Å². The molecule has 1 aliphatic heterocycles. The van der Waals surface area contributed by atoms with Crippen molar-refractivity contribution in [1.29, 1.82) is 0 Å². The van der Waals surface area contributed by atoms with Crippen molar-refractivity contribution in [2.75, 3.05) is 6.54 Å². The van der Waals surface area contributed by atoms with Gasteiger partial charge in [0.2, 0.25) is 11.5 Å². The molecule has 6 nitrogen and oxygen atoms in total. The van der Waals surface area contributed by atoms with Gasteiger partial charge in [-0.15, -0.1) is 0 Å². The van der Waals surface area contributed by atoms with E-state index in [1.54, 1.807) is 0 Å². The lowest BCUT2D eigenvalue weighted by Crippen LogP contribution is -2.38. The highest BCUT2D eigenvalue weighted by molar-refractivity contribution is 5.92. The van der Waals surface area contributed by atoms with E-state index in [1.807, 2.05) is 0 Å². The molecule has 1 unspecified atom stereocenters. The van der Waals surface area contributed by atoms with Crippen LogP contribution in [-0.4, -0.2) is 29.4 Å². The van der Waals surface area contributed by atoms with Gasteiger partial charge < -0.3 is 15.6 Å². The Hall–Kier alpha value is -2.11. The highest BCUT2D eigenvalue weighted by atomic mass is 16.2. The molecular weight excluding hydrogens is 222 g/mol. The minimum atomic E-state index is -0.344. The zero-order chi connectivity index (χ0) is 12.3. The van der Waals surface area contributed by atoms with Crippen LogP contribution in [0.3, 0.4) is 0 Å². The van der Waals surface area contributed by atoms with Crippen molar-refractivity contribution >= 4 is 11.8 Å². The summed E-state index contributed by atoms with van der Waals surface area (Å²) in [5, 5.41) is 5.41. The van der Waals surface area contributed by atoms with Gasteiger partial charge in [-0.05, 0) is 12.5 Å². The highest BCUT2D eigenvalue weighted by Crippen LogP contribution is 2.05. The van der Waals surface area contributed by atoms with E-state index in [1.165, 1.54) is 18.2 Å². The number of carbonyl (C=O) groups excluding carboxylic acids is 2. The van der Waals surface area contributed by atoms with Gasteiger partial charge in [-0.2, -0.15) is 0 Å². The predicted octanol–water partition coefficient (Wildman–Crippen LogP) is -0.617. The monoisotopic (exact) mass is 235 g/mol. The van der Waals surface area contributed by atoms with Crippen LogP contribution in [0.4, 0.5) is 0 Å². The van der Waals surface area contributed by atoms with Gasteiger partial charge in [0.1, 0.15) is 5.69 Å². The molecule has 17 heavy (non-hydrogen) atoms. The van der Waals surface area contributed by atoms with Gasteiger partial charge >= 0.3 is 0 Å². The average Bonchev–Trinajstić information content (AvgIpc) is 2.72. The molecule has 0 spiro atoms. The SMILES string of the molecule is O=C1CCC(CNC(=O)c2cccc(=O)[nH]2)N1. The Labute approximate surface area is 97.4 Å². The number of carbonyl (C=O) groups is 2. The van der Waals surface area contributed by atoms with Crippen molar-refractivity contribution in [2.45, 2.75) is 18.9 Å². The first-order valence-electron chi connectivity index (χ1n) is 5.42. The molecule has 1 saturated heterocycles. The third-order valence-corrected chi connectivity index (χ3v) is 2.61. The van der Waals surface area contributed by atoms with Crippen molar-refractivity contribution in [3.63, 3.8) is 0 Å². The zero-order valence-electron chi connectivity index (χ0n) is 9.16. The smallest absolute Gasteiger partial charge is 0.267 e. The number of H-pyrrole nitrogens is 1. The fourth-order valence-corrected chi connectivity index (χ4v) is 1.72. The molecule has 2 rings (SSSR count). The van der Waals surface area contributed by atoms with E-state index < -0.39 is 0 Å². The van der Waals surface area contributed by atoms with E-state index in [0.29, 0.717) is 13.0 Å². The molecule has 1 fully saturated rings. The Bertz CT molecular complexity index is 495. The molecule has 1 aliphatic rings. The second-order valence-corrected chi connectivity index (χ2v) is 3.94. The molecule has 3 N–H and O–H groups in total. The number of aromatic amines is 1. The maximum absolute atomic E-state index is 11.6. The Morgan fingerprint density at radius 3 is 2.88 bits per heavy atom. The molecule has 0 bridgehead atoms. The summed E-state index contributed by atoms with van der Waals surface area (Å²) >= 11 is 0. The lowest BCUT2D eigenvalue weighted by molar-refractivity contribution is -0.119. The third kappa shape index (κ3) is 2.93. The van der Waals surface area contributed by atoms with Crippen molar-refractivity contribution in [3.8, 4) is 0 Å². The fourth-order valence-electron chi connectivity index (χ4n) is 1.72. The predicted molar refractivity (Wildman–Crippen MR) is 60.6 cm³/mol. The fraction of sp³-hybridized carbons (Fsp3) is 0.364. The summed E-state index contributed by atoms with van der Waals surface area (Å²) in [7, 11) is 0. The summed E-state index contributed by atoms with van der Waals surface area (Å²) in [4.78, 5) is 36.0. The van der Waals surface area contributed by atoms with E-state index in [0.717, 1.165) is 6.42 Å². The Kier molecular flexibility index (Phi) is 3.22. The minimum absolute atomic E-state index is 0.0115. The lowest BCUT2D eigenvalue weighted by atomic mass is 10.2. The van der Waals surface area contributed by atoms with Gasteiger partial charge in [-0.3, -0.25) is 14.4 Å². The van der Waals surface area contributed by atoms with Crippen molar-refractivity contribution < 1.29 is 9.59 Å². The van der Waals surface area contributed by atoms with Crippen molar-refractivity contribution in [3.05, 3.63) is 34.2 Å². The minimum Gasteiger partial charge on any atom is -0.352 e. The largest absolute Gasteiger partial charge is 0.352 e. The number of pyridine rings is 1. The van der Waals surface area contributed by atoms with E-state index >= 15 is 0 Å². The first-order chi connectivity index (χ1) is 8.15. The average molecular weight is 235 g/mol. The molecule has 1 aromatic rings. The molecule has 2 amide bonds. The molecule has 0 saturated carbocycles. The first kappa shape index (κ1) is 11.4. The molecule has 90 valence electrons. The van der Waals surface area contributed by atoms with E-state index in [2.05, 4.69) is 15.6 Å². The Morgan fingerprint density at radius 2 is 2.24 bits per heavy atom. The topological polar surface area (TPSA) is 91.1 Å². The van der Waals surface area contributed by atoms with Crippen LogP contribution < -0.4 is 16.2 Å². The lowest BCUT2D eigenvalue weighted by Gasteiger charge is -2.10. The maximum Gasteiger partial charge on any atom is 0.267 e. The molecule has 0 radical (unpaired) electrons. The van der Waals surface area contributed by atoms with Crippen molar-refractivity contribution in [1.82, 2.24) is 15.6 Å². The summed E-state index contributed by atoms with van der Waals surface area (Å²) < 4.78 is 0. The molecule has 1 atom stereocenters. The van der Waals surface area contributed by atoms with E-state index in [-0.39, 0.29) is 29.1 Å². The van der Waals surface area contributed by atoms with E-state index in [9.17, 15) is 14.4 Å². The van der Waals surface area contributed by atoms with Gasteiger partial charge in [0.15, 0.2) is 0 Å². The van der Waals surface area contributed by atoms with Crippen LogP contribution in [0.15, 0.2) is 23.0 Å². The normalized spacial score (nSPS) is 18.8. The molecule has 6 heteroatoms. The third-order valence-electron chi connectivity index (χ3n) is 2.61. The van der Waals surface area contributed by atoms with Crippen LogP contribution >= 0.6 is 0 Å². The Morgan fingerprint density at radius 1 is 1.41 bits per heavy atom. The van der Waals surface area contributed by atoms with Crippen LogP contribution in [0.2, 0.25) is 0 Å². The maximum atomic E-state index is 11.6. The van der Waals surface area contributed by atoms with Crippen LogP contribution in [0, 0.1) is 0 Å². The number of amides is 2. The molecule has 1 aromatic heterocycles. The van der Waals surface area contributed by atoms with Crippen molar-refractivity contribution in [2.24, 2.45) is 0 Å². The highest BCUT2D eigenvalue weighted by Gasteiger charge is 2.21. The summed E-state index contributed by atoms with van der Waals surface area (Å²) in [5.74, 6) is -0.332. The van der Waals surface area contributed by atoms with Crippen LogP contribution in [0.25, 0.3) is 0 Å². The number of hydrogen-bond donors (Lipinski definition) is 3. The number of rotatable bonds is 3.